The second-order valence-corrected chi connectivity index (χ2v) is 11.6. The summed E-state index contributed by atoms with van der Waals surface area (Å²) in [5.74, 6) is -0.471. The Hall–Kier alpha value is -2.47. The van der Waals surface area contributed by atoms with Gasteiger partial charge in [-0.3, -0.25) is 9.24 Å². The molecule has 2 heterocycles. The summed E-state index contributed by atoms with van der Waals surface area (Å²) in [6.07, 6.45) is 0. The van der Waals surface area contributed by atoms with Crippen molar-refractivity contribution in [1.29, 1.82) is 0 Å². The number of hydrogen-bond donors (Lipinski definition) is 1. The van der Waals surface area contributed by atoms with Gasteiger partial charge < -0.3 is 10.1 Å². The predicted molar refractivity (Wildman–Crippen MR) is 129 cm³/mol. The summed E-state index contributed by atoms with van der Waals surface area (Å²) < 4.78 is 22.1. The van der Waals surface area contributed by atoms with Crippen molar-refractivity contribution in [3.05, 3.63) is 83.1 Å². The van der Waals surface area contributed by atoms with Gasteiger partial charge in [0, 0.05) is 15.5 Å². The summed E-state index contributed by atoms with van der Waals surface area (Å²) in [7, 11) is -2.14. The number of nitrogens with one attached hydrogen (secondary N) is 1. The molecular weight excluding hydrogens is 447 g/mol. The topological polar surface area (TPSA) is 58.6 Å². The van der Waals surface area contributed by atoms with Gasteiger partial charge in [0.25, 0.3) is 0 Å². The van der Waals surface area contributed by atoms with Gasteiger partial charge >= 0.3 is 5.97 Å². The van der Waals surface area contributed by atoms with Crippen LogP contribution in [-0.4, -0.2) is 28.4 Å². The number of thiocarbonyl (C=S) groups is 1. The van der Waals surface area contributed by atoms with E-state index in [0.717, 1.165) is 4.88 Å². The highest BCUT2D eigenvalue weighted by Crippen LogP contribution is 2.60. The maximum atomic E-state index is 15.2. The van der Waals surface area contributed by atoms with Gasteiger partial charge in [-0.15, -0.1) is 11.3 Å². The molecule has 8 heteroatoms. The smallest absolute Gasteiger partial charge is 0.334 e. The first kappa shape index (κ1) is 21.8. The van der Waals surface area contributed by atoms with Crippen molar-refractivity contribution in [3.8, 4) is 0 Å². The van der Waals surface area contributed by atoms with E-state index in [1.54, 1.807) is 11.6 Å². The van der Waals surface area contributed by atoms with Crippen molar-refractivity contribution in [2.75, 3.05) is 7.11 Å². The van der Waals surface area contributed by atoms with Gasteiger partial charge in [-0.2, -0.15) is 0 Å². The first-order valence-corrected chi connectivity index (χ1v) is 12.7. The van der Waals surface area contributed by atoms with Gasteiger partial charge in [0.1, 0.15) is 5.54 Å². The highest BCUT2D eigenvalue weighted by atomic mass is 32.1. The zero-order chi connectivity index (χ0) is 22.3. The van der Waals surface area contributed by atoms with Gasteiger partial charge in [-0.25, -0.2) is 4.79 Å². The second-order valence-electron chi connectivity index (χ2n) is 7.66. The minimum Gasteiger partial charge on any atom is -0.467 e. The lowest BCUT2D eigenvalue weighted by atomic mass is 9.80. The Kier molecular flexibility index (Phi) is 5.54. The summed E-state index contributed by atoms with van der Waals surface area (Å²) in [6, 6.07) is 22.5. The van der Waals surface area contributed by atoms with Crippen LogP contribution in [0.4, 0.5) is 0 Å². The normalized spacial score (nSPS) is 23.5. The van der Waals surface area contributed by atoms with Crippen molar-refractivity contribution >= 4 is 52.5 Å². The number of benzene rings is 2. The van der Waals surface area contributed by atoms with Crippen molar-refractivity contribution < 1.29 is 14.1 Å². The molecule has 2 atom stereocenters. The van der Waals surface area contributed by atoms with E-state index in [1.165, 1.54) is 18.4 Å². The molecule has 0 radical (unpaired) electrons. The first-order valence-electron chi connectivity index (χ1n) is 9.76. The van der Waals surface area contributed by atoms with E-state index in [0.29, 0.717) is 10.6 Å². The fourth-order valence-corrected chi connectivity index (χ4v) is 9.09. The quantitative estimate of drug-likeness (QED) is 0.345. The number of rotatable bonds is 5. The van der Waals surface area contributed by atoms with E-state index in [4.69, 9.17) is 17.0 Å². The number of esters is 1. The van der Waals surface area contributed by atoms with Crippen LogP contribution >= 0.6 is 30.8 Å². The van der Waals surface area contributed by atoms with Crippen LogP contribution in [0.1, 0.15) is 18.7 Å². The van der Waals surface area contributed by atoms with Crippen LogP contribution in [0.3, 0.4) is 0 Å². The summed E-state index contributed by atoms with van der Waals surface area (Å²) in [4.78, 5) is 13.9. The summed E-state index contributed by atoms with van der Waals surface area (Å²) in [5.41, 5.74) is -2.31. The molecule has 1 N–H and O–H groups in total. The second kappa shape index (κ2) is 7.90. The van der Waals surface area contributed by atoms with Crippen molar-refractivity contribution in [2.24, 2.45) is 0 Å². The third kappa shape index (κ3) is 3.06. The van der Waals surface area contributed by atoms with Crippen LogP contribution in [0.25, 0.3) is 0 Å². The van der Waals surface area contributed by atoms with Crippen LogP contribution in [0.15, 0.2) is 78.2 Å². The third-order valence-electron chi connectivity index (χ3n) is 6.04. The molecule has 5 nitrogen and oxygen atoms in total. The molecule has 160 valence electrons. The molecule has 0 unspecified atom stereocenters. The van der Waals surface area contributed by atoms with Crippen LogP contribution in [0.5, 0.6) is 0 Å². The maximum Gasteiger partial charge on any atom is 0.334 e. The van der Waals surface area contributed by atoms with Crippen LogP contribution in [0, 0.1) is 0 Å². The van der Waals surface area contributed by atoms with E-state index >= 15 is 4.57 Å². The molecule has 2 aromatic carbocycles. The monoisotopic (exact) mass is 470 g/mol. The number of thiophene rings is 1. The van der Waals surface area contributed by atoms with Crippen LogP contribution in [0.2, 0.25) is 0 Å². The van der Waals surface area contributed by atoms with Gasteiger partial charge in [0.2, 0.25) is 7.29 Å². The maximum absolute atomic E-state index is 15.2. The van der Waals surface area contributed by atoms with Crippen molar-refractivity contribution in [1.82, 2.24) is 9.99 Å². The predicted octanol–water partition coefficient (Wildman–Crippen LogP) is 4.01. The fourth-order valence-electron chi connectivity index (χ4n) is 4.21. The molecule has 4 rings (SSSR count). The molecule has 0 saturated carbocycles. The van der Waals surface area contributed by atoms with Crippen LogP contribution in [-0.2, 0) is 19.6 Å². The minimum atomic E-state index is -3.49. The Morgan fingerprint density at radius 1 is 1.00 bits per heavy atom. The van der Waals surface area contributed by atoms with Gasteiger partial charge in [-0.05, 0) is 61.8 Å². The molecule has 1 saturated heterocycles. The van der Waals surface area contributed by atoms with Gasteiger partial charge in [0.05, 0.1) is 7.11 Å². The number of nitrogens with zero attached hydrogens (tertiary/aromatic N) is 1. The Balaban J connectivity index is 2.06. The zero-order valence-corrected chi connectivity index (χ0v) is 20.0. The van der Waals surface area contributed by atoms with E-state index in [9.17, 15) is 4.79 Å². The van der Waals surface area contributed by atoms with E-state index < -0.39 is 24.3 Å². The van der Waals surface area contributed by atoms with Gasteiger partial charge in [-0.1, -0.05) is 42.5 Å². The average molecular weight is 471 g/mol. The highest BCUT2D eigenvalue weighted by Gasteiger charge is 2.66. The molecule has 0 bridgehead atoms. The Labute approximate surface area is 191 Å². The Morgan fingerprint density at radius 2 is 1.55 bits per heavy atom. The molecule has 1 aromatic heterocycles. The molecule has 31 heavy (non-hydrogen) atoms. The lowest BCUT2D eigenvalue weighted by Crippen LogP contribution is -2.60. The zero-order valence-electron chi connectivity index (χ0n) is 17.4. The molecule has 3 aromatic rings. The van der Waals surface area contributed by atoms with Crippen molar-refractivity contribution in [2.45, 2.75) is 24.9 Å². The molecule has 1 aliphatic rings. The molecule has 0 aliphatic carbocycles. The van der Waals surface area contributed by atoms with E-state index in [2.05, 4.69) is 5.32 Å². The van der Waals surface area contributed by atoms with E-state index in [-0.39, 0.29) is 5.11 Å². The number of methoxy groups -OCH3 is 1. The molecule has 0 spiro atoms. The number of carbonyl (C=O) groups is 1. The number of hydrogen-bond acceptors (Lipinski definition) is 5. The summed E-state index contributed by atoms with van der Waals surface area (Å²) in [6.45, 7) is 3.66. The highest BCUT2D eigenvalue weighted by molar-refractivity contribution is 7.83. The largest absolute Gasteiger partial charge is 0.467 e. The lowest BCUT2D eigenvalue weighted by molar-refractivity contribution is -0.150. The average Bonchev–Trinajstić information content (AvgIpc) is 3.41. The summed E-state index contributed by atoms with van der Waals surface area (Å²) in [5, 5.41) is 6.64. The van der Waals surface area contributed by atoms with E-state index in [1.807, 2.05) is 85.1 Å². The molecular formula is C23H23N2O3PS2. The Morgan fingerprint density at radius 3 is 2.00 bits per heavy atom. The third-order valence-corrected chi connectivity index (χ3v) is 10.7. The van der Waals surface area contributed by atoms with Crippen molar-refractivity contribution in [3.63, 3.8) is 0 Å². The molecule has 0 amide bonds. The standard InChI is InChI=1S/C23H23N2O3PS2/c1-22(20(26)28-3)23(2,19-15-10-16-31-19)25(21(30)24-22)29(27,17-11-6-4-7-12-17)18-13-8-5-9-14-18/h4-16H,1-3H3,(H,24,30)/t22-,23+/m1/s1. The first-order chi connectivity index (χ1) is 14.8. The number of carbonyl (C=O) groups excluding carboxylic acids is 1. The fraction of sp³-hybridized carbons (Fsp3) is 0.217. The Bertz CT molecular complexity index is 1110. The van der Waals surface area contributed by atoms with Crippen LogP contribution < -0.4 is 15.9 Å². The molecule has 1 fully saturated rings. The van der Waals surface area contributed by atoms with Gasteiger partial charge in [0.15, 0.2) is 10.7 Å². The summed E-state index contributed by atoms with van der Waals surface area (Å²) >= 11 is 7.26. The SMILES string of the molecule is COC(=O)[C@@]1(C)NC(=S)N(P(=O)(c2ccccc2)c2ccccc2)[C@@]1(C)c1cccs1. The molecule has 1 aliphatic heterocycles. The minimum absolute atomic E-state index is 0.250. The lowest BCUT2D eigenvalue weighted by Gasteiger charge is -2.45. The number of ether oxygens (including phenoxy) is 1.